The Balaban J connectivity index is 2.13. The fourth-order valence-electron chi connectivity index (χ4n) is 2.54. The van der Waals surface area contributed by atoms with Crippen molar-refractivity contribution in [3.8, 4) is 22.4 Å². The van der Waals surface area contributed by atoms with Crippen LogP contribution in [-0.4, -0.2) is 4.98 Å². The second kappa shape index (κ2) is 5.92. The molecule has 1 aromatic heterocycles. The number of hydrogen-bond donors (Lipinski definition) is 0. The van der Waals surface area contributed by atoms with Crippen LogP contribution in [0.2, 0.25) is 0 Å². The van der Waals surface area contributed by atoms with Gasteiger partial charge in [-0.3, -0.25) is 4.98 Å². The fraction of sp³-hybridized carbons (Fsp3) is 0.150. The molecule has 21 heavy (non-hydrogen) atoms. The topological polar surface area (TPSA) is 12.9 Å². The number of benzene rings is 2. The molecule has 0 unspecified atom stereocenters. The molecule has 0 amide bonds. The molecule has 1 heteroatoms. The van der Waals surface area contributed by atoms with Crippen molar-refractivity contribution >= 4 is 0 Å². The molecule has 0 saturated carbocycles. The lowest BCUT2D eigenvalue weighted by Crippen LogP contribution is -1.91. The molecule has 0 aliphatic heterocycles. The molecule has 0 aliphatic rings. The quantitative estimate of drug-likeness (QED) is 0.632. The highest BCUT2D eigenvalue weighted by atomic mass is 14.7. The van der Waals surface area contributed by atoms with E-state index in [1.54, 1.807) is 0 Å². The van der Waals surface area contributed by atoms with Crippen molar-refractivity contribution in [3.05, 3.63) is 78.0 Å². The minimum absolute atomic E-state index is 1.05. The molecule has 0 saturated heterocycles. The Bertz CT molecular complexity index is 728. The summed E-state index contributed by atoms with van der Waals surface area (Å²) in [5.41, 5.74) is 7.17. The van der Waals surface area contributed by atoms with E-state index in [4.69, 9.17) is 0 Å². The zero-order valence-electron chi connectivity index (χ0n) is 12.5. The van der Waals surface area contributed by atoms with Crippen LogP contribution in [0, 0.1) is 6.92 Å². The summed E-state index contributed by atoms with van der Waals surface area (Å²) < 4.78 is 0. The molecule has 2 aromatic carbocycles. The largest absolute Gasteiger partial charge is 0.255 e. The van der Waals surface area contributed by atoms with Crippen LogP contribution in [-0.2, 0) is 6.42 Å². The van der Waals surface area contributed by atoms with E-state index in [1.807, 2.05) is 12.3 Å². The van der Waals surface area contributed by atoms with E-state index < -0.39 is 0 Å². The van der Waals surface area contributed by atoms with Gasteiger partial charge in [0.05, 0.1) is 5.69 Å². The third-order valence-electron chi connectivity index (χ3n) is 3.74. The molecule has 3 aromatic rings. The van der Waals surface area contributed by atoms with Gasteiger partial charge in [0.15, 0.2) is 0 Å². The zero-order valence-corrected chi connectivity index (χ0v) is 12.5. The Morgan fingerprint density at radius 2 is 1.57 bits per heavy atom. The van der Waals surface area contributed by atoms with E-state index in [2.05, 4.69) is 73.4 Å². The van der Waals surface area contributed by atoms with Gasteiger partial charge >= 0.3 is 0 Å². The van der Waals surface area contributed by atoms with Crippen molar-refractivity contribution in [2.24, 2.45) is 0 Å². The Hall–Kier alpha value is -2.41. The number of rotatable bonds is 3. The second-order valence-electron chi connectivity index (χ2n) is 5.33. The van der Waals surface area contributed by atoms with Gasteiger partial charge in [-0.05, 0) is 36.1 Å². The van der Waals surface area contributed by atoms with Crippen LogP contribution in [0.4, 0.5) is 0 Å². The SMILES string of the molecule is CCc1ccc(-c2ncc(C)cc2-c2ccccc2)cc1. The van der Waals surface area contributed by atoms with E-state index in [0.717, 1.165) is 12.1 Å². The van der Waals surface area contributed by atoms with Crippen LogP contribution in [0.5, 0.6) is 0 Å². The van der Waals surface area contributed by atoms with Crippen molar-refractivity contribution in [3.63, 3.8) is 0 Å². The van der Waals surface area contributed by atoms with Crippen molar-refractivity contribution in [2.75, 3.05) is 0 Å². The van der Waals surface area contributed by atoms with Crippen LogP contribution < -0.4 is 0 Å². The maximum absolute atomic E-state index is 4.68. The maximum atomic E-state index is 4.68. The van der Waals surface area contributed by atoms with E-state index in [1.165, 1.54) is 27.8 Å². The highest BCUT2D eigenvalue weighted by Crippen LogP contribution is 2.31. The molecule has 1 heterocycles. The Kier molecular flexibility index (Phi) is 3.83. The molecule has 104 valence electrons. The first-order valence-electron chi connectivity index (χ1n) is 7.39. The third-order valence-corrected chi connectivity index (χ3v) is 3.74. The van der Waals surface area contributed by atoms with E-state index >= 15 is 0 Å². The molecule has 0 atom stereocenters. The summed E-state index contributed by atoms with van der Waals surface area (Å²) >= 11 is 0. The molecular formula is C20H19N. The van der Waals surface area contributed by atoms with Gasteiger partial charge in [0, 0.05) is 17.3 Å². The predicted molar refractivity (Wildman–Crippen MR) is 89.2 cm³/mol. The molecule has 0 radical (unpaired) electrons. The van der Waals surface area contributed by atoms with Gasteiger partial charge in [-0.15, -0.1) is 0 Å². The summed E-state index contributed by atoms with van der Waals surface area (Å²) in [4.78, 5) is 4.68. The normalized spacial score (nSPS) is 10.6. The summed E-state index contributed by atoms with van der Waals surface area (Å²) in [5.74, 6) is 0. The van der Waals surface area contributed by atoms with Crippen molar-refractivity contribution in [1.29, 1.82) is 0 Å². The van der Waals surface area contributed by atoms with Gasteiger partial charge in [-0.2, -0.15) is 0 Å². The first-order chi connectivity index (χ1) is 10.3. The lowest BCUT2D eigenvalue weighted by molar-refractivity contribution is 1.14. The minimum atomic E-state index is 1.05. The minimum Gasteiger partial charge on any atom is -0.255 e. The molecular weight excluding hydrogens is 254 g/mol. The van der Waals surface area contributed by atoms with Crippen LogP contribution in [0.15, 0.2) is 66.9 Å². The molecule has 0 spiro atoms. The number of pyridine rings is 1. The van der Waals surface area contributed by atoms with Gasteiger partial charge in [0.2, 0.25) is 0 Å². The monoisotopic (exact) mass is 273 g/mol. The number of aryl methyl sites for hydroxylation is 2. The standard InChI is InChI=1S/C20H19N/c1-3-16-9-11-18(12-10-16)20-19(13-15(2)14-21-20)17-7-5-4-6-8-17/h4-14H,3H2,1-2H3. The molecule has 3 rings (SSSR count). The van der Waals surface area contributed by atoms with E-state index in [-0.39, 0.29) is 0 Å². The first-order valence-corrected chi connectivity index (χ1v) is 7.39. The van der Waals surface area contributed by atoms with Crippen LogP contribution in [0.3, 0.4) is 0 Å². The molecule has 1 nitrogen and oxygen atoms in total. The summed E-state index contributed by atoms with van der Waals surface area (Å²) in [6, 6.07) is 21.4. The first kappa shape index (κ1) is 13.6. The van der Waals surface area contributed by atoms with Gasteiger partial charge in [-0.25, -0.2) is 0 Å². The summed E-state index contributed by atoms with van der Waals surface area (Å²) in [6.45, 7) is 4.26. The summed E-state index contributed by atoms with van der Waals surface area (Å²) in [5, 5.41) is 0. The number of nitrogens with zero attached hydrogens (tertiary/aromatic N) is 1. The highest BCUT2D eigenvalue weighted by Gasteiger charge is 2.09. The fourth-order valence-corrected chi connectivity index (χ4v) is 2.54. The lowest BCUT2D eigenvalue weighted by Gasteiger charge is -2.11. The summed E-state index contributed by atoms with van der Waals surface area (Å²) in [7, 11) is 0. The highest BCUT2D eigenvalue weighted by molar-refractivity contribution is 5.81. The molecule has 0 aliphatic carbocycles. The van der Waals surface area contributed by atoms with Gasteiger partial charge in [0.1, 0.15) is 0 Å². The second-order valence-corrected chi connectivity index (χ2v) is 5.33. The van der Waals surface area contributed by atoms with Crippen molar-refractivity contribution in [1.82, 2.24) is 4.98 Å². The number of aromatic nitrogens is 1. The van der Waals surface area contributed by atoms with Gasteiger partial charge < -0.3 is 0 Å². The molecule has 0 bridgehead atoms. The van der Waals surface area contributed by atoms with Crippen LogP contribution >= 0.6 is 0 Å². The van der Waals surface area contributed by atoms with Crippen LogP contribution in [0.1, 0.15) is 18.1 Å². The average molecular weight is 273 g/mol. The molecule has 0 N–H and O–H groups in total. The third kappa shape index (κ3) is 2.87. The summed E-state index contributed by atoms with van der Waals surface area (Å²) in [6.07, 6.45) is 3.00. The average Bonchev–Trinajstić information content (AvgIpc) is 2.56. The smallest absolute Gasteiger partial charge is 0.0780 e. The lowest BCUT2D eigenvalue weighted by atomic mass is 9.97. The Morgan fingerprint density at radius 3 is 2.24 bits per heavy atom. The van der Waals surface area contributed by atoms with Crippen molar-refractivity contribution < 1.29 is 0 Å². The van der Waals surface area contributed by atoms with E-state index in [0.29, 0.717) is 0 Å². The van der Waals surface area contributed by atoms with Crippen LogP contribution in [0.25, 0.3) is 22.4 Å². The maximum Gasteiger partial charge on any atom is 0.0780 e. The predicted octanol–water partition coefficient (Wildman–Crippen LogP) is 5.29. The Labute approximate surface area is 126 Å². The molecule has 0 fully saturated rings. The zero-order chi connectivity index (χ0) is 14.7. The van der Waals surface area contributed by atoms with E-state index in [9.17, 15) is 0 Å². The Morgan fingerprint density at radius 1 is 0.857 bits per heavy atom. The van der Waals surface area contributed by atoms with Crippen molar-refractivity contribution in [2.45, 2.75) is 20.3 Å². The number of hydrogen-bond acceptors (Lipinski definition) is 1. The van der Waals surface area contributed by atoms with Gasteiger partial charge in [0.25, 0.3) is 0 Å². The van der Waals surface area contributed by atoms with Gasteiger partial charge in [-0.1, -0.05) is 61.5 Å².